The minimum Gasteiger partial charge on any atom is -0.306 e. The smallest absolute Gasteiger partial charge is 0.0656 e. The van der Waals surface area contributed by atoms with E-state index in [0.717, 1.165) is 6.54 Å². The van der Waals surface area contributed by atoms with Crippen molar-refractivity contribution in [3.8, 4) is 0 Å². The fourth-order valence-electron chi connectivity index (χ4n) is 2.08. The van der Waals surface area contributed by atoms with Crippen molar-refractivity contribution in [2.75, 3.05) is 20.1 Å². The summed E-state index contributed by atoms with van der Waals surface area (Å²) in [5, 5.41) is 4.58. The van der Waals surface area contributed by atoms with Gasteiger partial charge >= 0.3 is 0 Å². The van der Waals surface area contributed by atoms with Gasteiger partial charge in [0.25, 0.3) is 0 Å². The van der Waals surface area contributed by atoms with Crippen LogP contribution in [0, 0.1) is 0 Å². The van der Waals surface area contributed by atoms with Crippen LogP contribution in [0.15, 0.2) is 12.3 Å². The van der Waals surface area contributed by atoms with Crippen LogP contribution in [0.5, 0.6) is 0 Å². The quantitative estimate of drug-likeness (QED) is 0.713. The fourth-order valence-corrected chi connectivity index (χ4v) is 2.08. The molecule has 3 heteroatoms. The van der Waals surface area contributed by atoms with Crippen molar-refractivity contribution in [3.63, 3.8) is 0 Å². The molecule has 1 aromatic heterocycles. The van der Waals surface area contributed by atoms with E-state index in [9.17, 15) is 0 Å². The number of aromatic nitrogens is 2. The van der Waals surface area contributed by atoms with Crippen LogP contribution in [-0.2, 0) is 6.54 Å². The van der Waals surface area contributed by atoms with E-state index in [-0.39, 0.29) is 0 Å². The highest BCUT2D eigenvalue weighted by atomic mass is 15.3. The van der Waals surface area contributed by atoms with E-state index in [1.54, 1.807) is 0 Å². The van der Waals surface area contributed by atoms with Crippen molar-refractivity contribution >= 4 is 0 Å². The van der Waals surface area contributed by atoms with Crippen LogP contribution in [0.2, 0.25) is 0 Å². The third-order valence-corrected chi connectivity index (χ3v) is 3.12. The first-order chi connectivity index (χ1) is 6.79. The summed E-state index contributed by atoms with van der Waals surface area (Å²) in [6.07, 6.45) is 4.61. The minimum atomic E-state index is 0.694. The lowest BCUT2D eigenvalue weighted by Crippen LogP contribution is -2.29. The van der Waals surface area contributed by atoms with Crippen molar-refractivity contribution in [1.82, 2.24) is 14.7 Å². The van der Waals surface area contributed by atoms with E-state index >= 15 is 0 Å². The maximum atomic E-state index is 4.58. The second kappa shape index (κ2) is 4.13. The SMILES string of the molecule is CCn1ccc(C2CCN(C)CC2)n1. The predicted octanol–water partition coefficient (Wildman–Crippen LogP) is 1.71. The highest BCUT2D eigenvalue weighted by molar-refractivity contribution is 5.07. The van der Waals surface area contributed by atoms with Crippen LogP contribution in [0.4, 0.5) is 0 Å². The van der Waals surface area contributed by atoms with Crippen molar-refractivity contribution < 1.29 is 0 Å². The number of rotatable bonds is 2. The van der Waals surface area contributed by atoms with Gasteiger partial charge in [-0.25, -0.2) is 0 Å². The van der Waals surface area contributed by atoms with Gasteiger partial charge < -0.3 is 4.90 Å². The minimum absolute atomic E-state index is 0.694. The average Bonchev–Trinajstić information content (AvgIpc) is 2.67. The summed E-state index contributed by atoms with van der Waals surface area (Å²) < 4.78 is 2.02. The van der Waals surface area contributed by atoms with Crippen molar-refractivity contribution in [1.29, 1.82) is 0 Å². The van der Waals surface area contributed by atoms with Gasteiger partial charge in [0.1, 0.15) is 0 Å². The standard InChI is InChI=1S/C11H19N3/c1-3-14-9-6-11(12-14)10-4-7-13(2)8-5-10/h6,9-10H,3-5,7-8H2,1-2H3. The van der Waals surface area contributed by atoms with Crippen molar-refractivity contribution in [3.05, 3.63) is 18.0 Å². The number of aryl methyl sites for hydroxylation is 1. The second-order valence-corrected chi connectivity index (χ2v) is 4.17. The summed E-state index contributed by atoms with van der Waals surface area (Å²) in [6, 6.07) is 2.18. The van der Waals surface area contributed by atoms with Crippen LogP contribution >= 0.6 is 0 Å². The molecule has 0 N–H and O–H groups in total. The highest BCUT2D eigenvalue weighted by Gasteiger charge is 2.19. The zero-order chi connectivity index (χ0) is 9.97. The Hall–Kier alpha value is -0.830. The van der Waals surface area contributed by atoms with Gasteiger partial charge in [0.15, 0.2) is 0 Å². The Labute approximate surface area is 85.7 Å². The lowest BCUT2D eigenvalue weighted by molar-refractivity contribution is 0.253. The molecular weight excluding hydrogens is 174 g/mol. The van der Waals surface area contributed by atoms with Crippen LogP contribution in [0.1, 0.15) is 31.4 Å². The lowest BCUT2D eigenvalue weighted by atomic mass is 9.94. The van der Waals surface area contributed by atoms with Gasteiger partial charge in [0.2, 0.25) is 0 Å². The number of nitrogens with zero attached hydrogens (tertiary/aromatic N) is 3. The molecule has 2 heterocycles. The monoisotopic (exact) mass is 193 g/mol. The lowest BCUT2D eigenvalue weighted by Gasteiger charge is -2.27. The molecule has 0 radical (unpaired) electrons. The summed E-state index contributed by atoms with van der Waals surface area (Å²) >= 11 is 0. The number of hydrogen-bond acceptors (Lipinski definition) is 2. The van der Waals surface area contributed by atoms with Gasteiger partial charge in [-0.2, -0.15) is 5.10 Å². The van der Waals surface area contributed by atoms with Gasteiger partial charge in [-0.15, -0.1) is 0 Å². The molecule has 0 amide bonds. The molecule has 1 aliphatic rings. The molecule has 0 unspecified atom stereocenters. The topological polar surface area (TPSA) is 21.1 Å². The molecule has 14 heavy (non-hydrogen) atoms. The van der Waals surface area contributed by atoms with E-state index in [0.29, 0.717) is 5.92 Å². The van der Waals surface area contributed by atoms with Gasteiger partial charge in [0.05, 0.1) is 5.69 Å². The Balaban J connectivity index is 2.01. The molecule has 0 saturated carbocycles. The molecular formula is C11H19N3. The van der Waals surface area contributed by atoms with Gasteiger partial charge in [0, 0.05) is 18.7 Å². The normalized spacial score (nSPS) is 20.1. The van der Waals surface area contributed by atoms with Gasteiger partial charge in [-0.3, -0.25) is 4.68 Å². The average molecular weight is 193 g/mol. The van der Waals surface area contributed by atoms with Crippen LogP contribution < -0.4 is 0 Å². The van der Waals surface area contributed by atoms with E-state index in [2.05, 4.69) is 36.2 Å². The van der Waals surface area contributed by atoms with E-state index < -0.39 is 0 Å². The largest absolute Gasteiger partial charge is 0.306 e. The molecule has 1 fully saturated rings. The molecule has 2 rings (SSSR count). The summed E-state index contributed by atoms with van der Waals surface area (Å²) in [4.78, 5) is 2.40. The molecule has 1 aliphatic heterocycles. The Bertz CT molecular complexity index is 284. The van der Waals surface area contributed by atoms with Crippen molar-refractivity contribution in [2.45, 2.75) is 32.2 Å². The number of piperidine rings is 1. The summed E-state index contributed by atoms with van der Waals surface area (Å²) in [5.74, 6) is 0.694. The summed E-state index contributed by atoms with van der Waals surface area (Å²) in [5.41, 5.74) is 1.29. The molecule has 0 aliphatic carbocycles. The molecule has 78 valence electrons. The molecule has 0 atom stereocenters. The fraction of sp³-hybridized carbons (Fsp3) is 0.727. The summed E-state index contributed by atoms with van der Waals surface area (Å²) in [7, 11) is 2.20. The zero-order valence-corrected chi connectivity index (χ0v) is 9.11. The van der Waals surface area contributed by atoms with Crippen LogP contribution in [0.3, 0.4) is 0 Å². The predicted molar refractivity (Wildman–Crippen MR) is 57.4 cm³/mol. The first kappa shape index (κ1) is 9.71. The third-order valence-electron chi connectivity index (χ3n) is 3.12. The Morgan fingerprint density at radius 2 is 2.14 bits per heavy atom. The molecule has 0 spiro atoms. The second-order valence-electron chi connectivity index (χ2n) is 4.17. The Morgan fingerprint density at radius 3 is 2.71 bits per heavy atom. The van der Waals surface area contributed by atoms with E-state index in [4.69, 9.17) is 0 Å². The summed E-state index contributed by atoms with van der Waals surface area (Å²) in [6.45, 7) is 5.53. The molecule has 0 bridgehead atoms. The number of hydrogen-bond donors (Lipinski definition) is 0. The molecule has 3 nitrogen and oxygen atoms in total. The van der Waals surface area contributed by atoms with Crippen molar-refractivity contribution in [2.24, 2.45) is 0 Å². The maximum Gasteiger partial charge on any atom is 0.0656 e. The van der Waals surface area contributed by atoms with Crippen LogP contribution in [-0.4, -0.2) is 34.8 Å². The molecule has 1 saturated heterocycles. The third kappa shape index (κ3) is 1.98. The van der Waals surface area contributed by atoms with E-state index in [1.165, 1.54) is 31.6 Å². The van der Waals surface area contributed by atoms with Crippen LogP contribution in [0.25, 0.3) is 0 Å². The van der Waals surface area contributed by atoms with Gasteiger partial charge in [-0.1, -0.05) is 0 Å². The first-order valence-electron chi connectivity index (χ1n) is 5.51. The highest BCUT2D eigenvalue weighted by Crippen LogP contribution is 2.25. The van der Waals surface area contributed by atoms with Gasteiger partial charge in [-0.05, 0) is 46.0 Å². The Kier molecular flexibility index (Phi) is 2.87. The number of likely N-dealkylation sites (tertiary alicyclic amines) is 1. The van der Waals surface area contributed by atoms with E-state index in [1.807, 2.05) is 4.68 Å². The maximum absolute atomic E-state index is 4.58. The Morgan fingerprint density at radius 1 is 1.43 bits per heavy atom. The first-order valence-corrected chi connectivity index (χ1v) is 5.51. The molecule has 0 aromatic carbocycles. The zero-order valence-electron chi connectivity index (χ0n) is 9.11. The molecule has 1 aromatic rings.